The van der Waals surface area contributed by atoms with Gasteiger partial charge in [0.1, 0.15) is 17.6 Å². The molecular formula is C24H33FN4O. The van der Waals surface area contributed by atoms with Crippen LogP contribution in [-0.2, 0) is 4.74 Å². The lowest BCUT2D eigenvalue weighted by atomic mass is 9.93. The van der Waals surface area contributed by atoms with E-state index in [0.29, 0.717) is 11.5 Å². The summed E-state index contributed by atoms with van der Waals surface area (Å²) in [5.41, 5.74) is 4.69. The van der Waals surface area contributed by atoms with E-state index in [2.05, 4.69) is 35.3 Å². The van der Waals surface area contributed by atoms with Gasteiger partial charge in [0.15, 0.2) is 5.84 Å². The van der Waals surface area contributed by atoms with Crippen LogP contribution in [0, 0.1) is 12.7 Å². The Bertz CT molecular complexity index is 851. The molecule has 1 N–H and O–H groups in total. The van der Waals surface area contributed by atoms with Crippen LogP contribution < -0.4 is 5.32 Å². The predicted octanol–water partition coefficient (Wildman–Crippen LogP) is 4.58. The van der Waals surface area contributed by atoms with Gasteiger partial charge in [0.05, 0.1) is 13.2 Å². The van der Waals surface area contributed by atoms with Crippen molar-refractivity contribution in [2.24, 2.45) is 9.98 Å². The molecule has 1 aromatic rings. The lowest BCUT2D eigenvalue weighted by molar-refractivity contribution is 0.0417. The first-order valence-electron chi connectivity index (χ1n) is 10.5. The highest BCUT2D eigenvalue weighted by atomic mass is 19.1. The van der Waals surface area contributed by atoms with Crippen LogP contribution >= 0.6 is 0 Å². The molecule has 0 amide bonds. The Morgan fingerprint density at radius 3 is 2.60 bits per heavy atom. The highest BCUT2D eigenvalue weighted by Gasteiger charge is 2.27. The molecule has 1 saturated heterocycles. The van der Waals surface area contributed by atoms with Crippen LogP contribution in [0.2, 0.25) is 0 Å². The lowest BCUT2D eigenvalue weighted by Gasteiger charge is -2.32. The normalized spacial score (nSPS) is 20.0. The van der Waals surface area contributed by atoms with Crippen LogP contribution in [-0.4, -0.2) is 49.3 Å². The first-order valence-corrected chi connectivity index (χ1v) is 10.5. The van der Waals surface area contributed by atoms with Gasteiger partial charge in [-0.05, 0) is 48.8 Å². The molecule has 0 spiro atoms. The highest BCUT2D eigenvalue weighted by Crippen LogP contribution is 2.33. The zero-order chi connectivity index (χ0) is 22.1. The Kier molecular flexibility index (Phi) is 9.15. The number of ether oxygens (including phenoxy) is 1. The molecule has 0 aromatic heterocycles. The van der Waals surface area contributed by atoms with Gasteiger partial charge in [-0.25, -0.2) is 4.39 Å². The van der Waals surface area contributed by atoms with Crippen molar-refractivity contribution in [3.05, 3.63) is 71.8 Å². The predicted molar refractivity (Wildman–Crippen MR) is 124 cm³/mol. The number of benzene rings is 1. The summed E-state index contributed by atoms with van der Waals surface area (Å²) in [5, 5.41) is 3.44. The molecule has 2 heterocycles. The van der Waals surface area contributed by atoms with Crippen molar-refractivity contribution in [2.45, 2.75) is 33.7 Å². The molecule has 1 atom stereocenters. The van der Waals surface area contributed by atoms with E-state index >= 15 is 0 Å². The van der Waals surface area contributed by atoms with Gasteiger partial charge in [-0.3, -0.25) is 14.9 Å². The molecule has 0 saturated carbocycles. The monoisotopic (exact) mass is 412 g/mol. The molecule has 2 aliphatic heterocycles. The minimum Gasteiger partial charge on any atom is -0.379 e. The Hall–Kier alpha value is -2.57. The number of nitrogens with one attached hydrogen (secondary N) is 1. The zero-order valence-electron chi connectivity index (χ0n) is 18.5. The molecule has 1 aromatic carbocycles. The Morgan fingerprint density at radius 1 is 1.30 bits per heavy atom. The van der Waals surface area contributed by atoms with Gasteiger partial charge in [-0.15, -0.1) is 0 Å². The van der Waals surface area contributed by atoms with Crippen molar-refractivity contribution in [1.29, 1.82) is 0 Å². The smallest absolute Gasteiger partial charge is 0.152 e. The average Bonchev–Trinajstić information content (AvgIpc) is 2.76. The Balaban J connectivity index is 0.00000155. The van der Waals surface area contributed by atoms with Crippen LogP contribution in [0.3, 0.4) is 0 Å². The number of nitrogens with zero attached hydrogens (tertiary/aromatic N) is 3. The van der Waals surface area contributed by atoms with Crippen LogP contribution in [0.4, 0.5) is 4.39 Å². The first-order chi connectivity index (χ1) is 14.5. The maximum Gasteiger partial charge on any atom is 0.152 e. The number of halogens is 1. The van der Waals surface area contributed by atoms with Crippen LogP contribution in [0.15, 0.2) is 64.9 Å². The summed E-state index contributed by atoms with van der Waals surface area (Å²) in [6, 6.07) is 4.65. The van der Waals surface area contributed by atoms with E-state index in [1.54, 1.807) is 12.1 Å². The van der Waals surface area contributed by atoms with E-state index in [9.17, 15) is 4.39 Å². The topological polar surface area (TPSA) is 49.2 Å². The van der Waals surface area contributed by atoms with Gasteiger partial charge in [-0.1, -0.05) is 33.1 Å². The number of rotatable bonds is 6. The molecule has 3 rings (SSSR count). The second-order valence-corrected chi connectivity index (χ2v) is 6.96. The maximum atomic E-state index is 13.6. The molecular weight excluding hydrogens is 379 g/mol. The zero-order valence-corrected chi connectivity index (χ0v) is 18.5. The quantitative estimate of drug-likeness (QED) is 0.696. The third-order valence-electron chi connectivity index (χ3n) is 5.09. The fourth-order valence-corrected chi connectivity index (χ4v) is 3.50. The fraction of sp³-hybridized carbons (Fsp3) is 0.417. The molecule has 1 unspecified atom stereocenters. The van der Waals surface area contributed by atoms with Gasteiger partial charge < -0.3 is 10.1 Å². The van der Waals surface area contributed by atoms with Crippen molar-refractivity contribution in [1.82, 2.24) is 10.2 Å². The molecule has 2 aliphatic rings. The van der Waals surface area contributed by atoms with Crippen LogP contribution in [0.25, 0.3) is 0 Å². The standard InChI is InChI=1S/C22H27FN4O.C2H6/c1-5-19(24-6-2)22-25-20(14-27-9-11-28-12-10-27)16(4)21(26-22)18-8-7-17(23)13-15(18)3;1-2/h5-8,13,21H,1-2,9-12,14H2,3-4H3,(H,25,26);1-2H3. The van der Waals surface area contributed by atoms with Crippen molar-refractivity contribution in [3.8, 4) is 0 Å². The van der Waals surface area contributed by atoms with Crippen molar-refractivity contribution in [2.75, 3.05) is 32.8 Å². The van der Waals surface area contributed by atoms with Gasteiger partial charge in [0.2, 0.25) is 0 Å². The van der Waals surface area contributed by atoms with Gasteiger partial charge in [-0.2, -0.15) is 0 Å². The summed E-state index contributed by atoms with van der Waals surface area (Å²) >= 11 is 0. The molecule has 5 nitrogen and oxygen atoms in total. The second kappa shape index (κ2) is 11.6. The highest BCUT2D eigenvalue weighted by molar-refractivity contribution is 6.46. The lowest BCUT2D eigenvalue weighted by Crippen LogP contribution is -2.43. The van der Waals surface area contributed by atoms with E-state index in [-0.39, 0.29) is 11.9 Å². The molecule has 0 aliphatic carbocycles. The Labute approximate surface area is 179 Å². The minimum absolute atomic E-state index is 0.206. The average molecular weight is 413 g/mol. The number of aliphatic imine (C=N–C) groups is 2. The van der Waals surface area contributed by atoms with Gasteiger partial charge in [0, 0.05) is 31.5 Å². The van der Waals surface area contributed by atoms with Crippen molar-refractivity contribution >= 4 is 11.5 Å². The third kappa shape index (κ3) is 5.74. The van der Waals surface area contributed by atoms with E-state index in [1.165, 1.54) is 12.3 Å². The summed E-state index contributed by atoms with van der Waals surface area (Å²) in [5.74, 6) is 0.409. The van der Waals surface area contributed by atoms with Gasteiger partial charge >= 0.3 is 0 Å². The van der Waals surface area contributed by atoms with E-state index < -0.39 is 0 Å². The van der Waals surface area contributed by atoms with E-state index in [1.807, 2.05) is 26.8 Å². The summed E-state index contributed by atoms with van der Waals surface area (Å²) in [6.45, 7) is 19.5. The van der Waals surface area contributed by atoms with Crippen molar-refractivity contribution < 1.29 is 9.13 Å². The SMILES string of the molecule is C=CN=C(C=C)C1=NC(c2ccc(F)cc2C)C(C)=C(CN2CCOCC2)N1.CC. The molecule has 0 bridgehead atoms. The van der Waals surface area contributed by atoms with Gasteiger partial charge in [0.25, 0.3) is 0 Å². The maximum absolute atomic E-state index is 13.6. The summed E-state index contributed by atoms with van der Waals surface area (Å²) in [7, 11) is 0. The summed E-state index contributed by atoms with van der Waals surface area (Å²) < 4.78 is 19.1. The molecule has 162 valence electrons. The number of morpholine rings is 1. The van der Waals surface area contributed by atoms with Crippen molar-refractivity contribution in [3.63, 3.8) is 0 Å². The molecule has 6 heteroatoms. The first kappa shape index (κ1) is 23.7. The summed E-state index contributed by atoms with van der Waals surface area (Å²) in [4.78, 5) is 11.5. The largest absolute Gasteiger partial charge is 0.379 e. The van der Waals surface area contributed by atoms with Crippen LogP contribution in [0.5, 0.6) is 0 Å². The Morgan fingerprint density at radius 2 is 2.00 bits per heavy atom. The number of hydrogen-bond acceptors (Lipinski definition) is 5. The summed E-state index contributed by atoms with van der Waals surface area (Å²) in [6.07, 6.45) is 3.14. The van der Waals surface area contributed by atoms with Crippen LogP contribution in [0.1, 0.15) is 37.9 Å². The molecule has 1 fully saturated rings. The second-order valence-electron chi connectivity index (χ2n) is 6.96. The van der Waals surface area contributed by atoms with E-state index in [0.717, 1.165) is 55.2 Å². The number of amidine groups is 1. The fourth-order valence-electron chi connectivity index (χ4n) is 3.50. The minimum atomic E-state index is -0.241. The third-order valence-corrected chi connectivity index (χ3v) is 5.09. The molecule has 0 radical (unpaired) electrons. The number of aryl methyl sites for hydroxylation is 1. The van der Waals surface area contributed by atoms with E-state index in [4.69, 9.17) is 9.73 Å². The molecule has 30 heavy (non-hydrogen) atoms. The number of hydrogen-bond donors (Lipinski definition) is 1.